The first-order valence-electron chi connectivity index (χ1n) is 5.91. The number of carbonyl (C=O) groups excluding carboxylic acids is 1. The Morgan fingerprint density at radius 3 is 2.18 bits per heavy atom. The van der Waals surface area contributed by atoms with Gasteiger partial charge in [-0.25, -0.2) is 0 Å². The number of amides is 1. The molecule has 0 spiro atoms. The molecule has 0 heterocycles. The Morgan fingerprint density at radius 1 is 1.35 bits per heavy atom. The predicted molar refractivity (Wildman–Crippen MR) is 64.5 cm³/mol. The van der Waals surface area contributed by atoms with Crippen LogP contribution in [0.4, 0.5) is 0 Å². The van der Waals surface area contributed by atoms with Crippen LogP contribution in [0.3, 0.4) is 0 Å². The summed E-state index contributed by atoms with van der Waals surface area (Å²) < 4.78 is 0. The molecule has 0 aromatic rings. The van der Waals surface area contributed by atoms with Gasteiger partial charge >= 0.3 is 5.97 Å². The summed E-state index contributed by atoms with van der Waals surface area (Å²) in [6.07, 6.45) is 0.546. The van der Waals surface area contributed by atoms with Crippen molar-refractivity contribution < 1.29 is 19.8 Å². The highest BCUT2D eigenvalue weighted by Gasteiger charge is 2.38. The first kappa shape index (κ1) is 15.9. The monoisotopic (exact) mass is 245 g/mol. The van der Waals surface area contributed by atoms with Crippen molar-refractivity contribution in [2.75, 3.05) is 6.61 Å². The van der Waals surface area contributed by atoms with Crippen molar-refractivity contribution in [2.24, 2.45) is 11.3 Å². The van der Waals surface area contributed by atoms with E-state index < -0.39 is 11.4 Å². The topological polar surface area (TPSA) is 86.6 Å². The lowest BCUT2D eigenvalue weighted by molar-refractivity contribution is -0.153. The third-order valence-electron chi connectivity index (χ3n) is 3.37. The number of carboxylic acids is 1. The number of rotatable bonds is 7. The number of aliphatic hydroxyl groups is 1. The molecule has 2 atom stereocenters. The Hall–Kier alpha value is -1.10. The molecule has 0 saturated carbocycles. The van der Waals surface area contributed by atoms with Crippen molar-refractivity contribution in [2.45, 2.75) is 46.6 Å². The second-order valence-electron chi connectivity index (χ2n) is 4.91. The lowest BCUT2D eigenvalue weighted by atomic mass is 9.76. The number of aliphatic carboxylic acids is 1. The van der Waals surface area contributed by atoms with Crippen LogP contribution in [0, 0.1) is 11.3 Å². The van der Waals surface area contributed by atoms with E-state index in [0.717, 1.165) is 0 Å². The van der Waals surface area contributed by atoms with E-state index in [-0.39, 0.29) is 30.9 Å². The molecule has 0 aliphatic rings. The molecule has 1 amide bonds. The minimum absolute atomic E-state index is 0.0729. The number of hydrogen-bond acceptors (Lipinski definition) is 3. The SMILES string of the molecule is CCC(CO)NC(=O)CC(C)(C(=O)O)C(C)C. The molecule has 0 aromatic heterocycles. The summed E-state index contributed by atoms with van der Waals surface area (Å²) in [4.78, 5) is 22.9. The molecule has 5 heteroatoms. The van der Waals surface area contributed by atoms with E-state index in [1.54, 1.807) is 20.8 Å². The highest BCUT2D eigenvalue weighted by Crippen LogP contribution is 2.31. The Morgan fingerprint density at radius 2 is 1.88 bits per heavy atom. The third-order valence-corrected chi connectivity index (χ3v) is 3.37. The largest absolute Gasteiger partial charge is 0.481 e. The van der Waals surface area contributed by atoms with Gasteiger partial charge in [-0.15, -0.1) is 0 Å². The van der Waals surface area contributed by atoms with E-state index in [1.165, 1.54) is 0 Å². The third kappa shape index (κ3) is 4.34. The minimum atomic E-state index is -1.07. The highest BCUT2D eigenvalue weighted by atomic mass is 16.4. The number of aliphatic hydroxyl groups excluding tert-OH is 1. The average molecular weight is 245 g/mol. The number of carboxylic acid groups (broad SMARTS) is 1. The summed E-state index contributed by atoms with van der Waals surface area (Å²) in [6.45, 7) is 6.85. The lowest BCUT2D eigenvalue weighted by Gasteiger charge is -2.29. The molecule has 100 valence electrons. The van der Waals surface area contributed by atoms with Crippen LogP contribution in [0.25, 0.3) is 0 Å². The van der Waals surface area contributed by atoms with Crippen LogP contribution in [-0.2, 0) is 9.59 Å². The van der Waals surface area contributed by atoms with Crippen molar-refractivity contribution in [3.05, 3.63) is 0 Å². The molecule has 5 nitrogen and oxygen atoms in total. The van der Waals surface area contributed by atoms with Crippen LogP contribution in [0.2, 0.25) is 0 Å². The summed E-state index contributed by atoms with van der Waals surface area (Å²) >= 11 is 0. The van der Waals surface area contributed by atoms with Gasteiger partial charge in [-0.3, -0.25) is 9.59 Å². The van der Waals surface area contributed by atoms with Gasteiger partial charge < -0.3 is 15.5 Å². The van der Waals surface area contributed by atoms with Crippen molar-refractivity contribution in [1.29, 1.82) is 0 Å². The van der Waals surface area contributed by atoms with Crippen LogP contribution < -0.4 is 5.32 Å². The van der Waals surface area contributed by atoms with E-state index in [4.69, 9.17) is 5.11 Å². The molecule has 0 aliphatic carbocycles. The zero-order valence-corrected chi connectivity index (χ0v) is 11.0. The van der Waals surface area contributed by atoms with Crippen LogP contribution >= 0.6 is 0 Å². The molecule has 0 fully saturated rings. The molecule has 0 rings (SSSR count). The van der Waals surface area contributed by atoms with Gasteiger partial charge in [0.2, 0.25) is 5.91 Å². The van der Waals surface area contributed by atoms with Crippen LogP contribution in [0.5, 0.6) is 0 Å². The van der Waals surface area contributed by atoms with Gasteiger partial charge in [-0.2, -0.15) is 0 Å². The van der Waals surface area contributed by atoms with Gasteiger partial charge in [0, 0.05) is 6.42 Å². The molecular weight excluding hydrogens is 222 g/mol. The Bertz CT molecular complexity index is 274. The average Bonchev–Trinajstić information content (AvgIpc) is 2.25. The van der Waals surface area contributed by atoms with E-state index in [2.05, 4.69) is 5.32 Å². The standard InChI is InChI=1S/C12H23NO4/c1-5-9(7-14)13-10(15)6-12(4,8(2)3)11(16)17/h8-9,14H,5-7H2,1-4H3,(H,13,15)(H,16,17). The van der Waals surface area contributed by atoms with Gasteiger partial charge in [0.1, 0.15) is 0 Å². The van der Waals surface area contributed by atoms with Crippen LogP contribution in [-0.4, -0.2) is 34.7 Å². The molecule has 2 unspecified atom stereocenters. The molecule has 0 radical (unpaired) electrons. The molecule has 0 aromatic carbocycles. The van der Waals surface area contributed by atoms with Gasteiger partial charge in [-0.05, 0) is 19.3 Å². The molecule has 0 bridgehead atoms. The van der Waals surface area contributed by atoms with Crippen molar-refractivity contribution in [1.82, 2.24) is 5.32 Å². The zero-order chi connectivity index (χ0) is 13.6. The van der Waals surface area contributed by atoms with Gasteiger partial charge in [0.05, 0.1) is 18.1 Å². The molecule has 3 N–H and O–H groups in total. The lowest BCUT2D eigenvalue weighted by Crippen LogP contribution is -2.43. The van der Waals surface area contributed by atoms with Crippen molar-refractivity contribution in [3.63, 3.8) is 0 Å². The van der Waals surface area contributed by atoms with Crippen molar-refractivity contribution in [3.8, 4) is 0 Å². The molecule has 17 heavy (non-hydrogen) atoms. The predicted octanol–water partition coefficient (Wildman–Crippen LogP) is 1.01. The van der Waals surface area contributed by atoms with E-state index in [9.17, 15) is 14.7 Å². The fourth-order valence-electron chi connectivity index (χ4n) is 1.42. The molecule has 0 aliphatic heterocycles. The summed E-state index contributed by atoms with van der Waals surface area (Å²) in [6, 6.07) is -0.298. The van der Waals surface area contributed by atoms with E-state index in [1.807, 2.05) is 6.92 Å². The van der Waals surface area contributed by atoms with Gasteiger partial charge in [-0.1, -0.05) is 20.8 Å². The fourth-order valence-corrected chi connectivity index (χ4v) is 1.42. The quantitative estimate of drug-likeness (QED) is 0.624. The zero-order valence-electron chi connectivity index (χ0n) is 11.0. The maximum atomic E-state index is 11.7. The number of hydrogen-bond donors (Lipinski definition) is 3. The van der Waals surface area contributed by atoms with Crippen molar-refractivity contribution >= 4 is 11.9 Å². The maximum Gasteiger partial charge on any atom is 0.310 e. The van der Waals surface area contributed by atoms with Gasteiger partial charge in [0.15, 0.2) is 0 Å². The fraction of sp³-hybridized carbons (Fsp3) is 0.833. The van der Waals surface area contributed by atoms with E-state index in [0.29, 0.717) is 6.42 Å². The first-order chi connectivity index (χ1) is 7.77. The van der Waals surface area contributed by atoms with Crippen LogP contribution in [0.1, 0.15) is 40.5 Å². The molecule has 0 saturated heterocycles. The van der Waals surface area contributed by atoms with E-state index >= 15 is 0 Å². The number of carbonyl (C=O) groups is 2. The molecular formula is C12H23NO4. The summed E-state index contributed by atoms with van der Waals surface area (Å²) in [5.74, 6) is -1.44. The second-order valence-corrected chi connectivity index (χ2v) is 4.91. The Labute approximate surface area is 102 Å². The van der Waals surface area contributed by atoms with Crippen LogP contribution in [0.15, 0.2) is 0 Å². The van der Waals surface area contributed by atoms with Gasteiger partial charge in [0.25, 0.3) is 0 Å². The first-order valence-corrected chi connectivity index (χ1v) is 5.91. The number of nitrogens with one attached hydrogen (secondary N) is 1. The second kappa shape index (κ2) is 6.59. The summed E-state index contributed by atoms with van der Waals surface area (Å²) in [7, 11) is 0. The maximum absolute atomic E-state index is 11.7. The summed E-state index contributed by atoms with van der Waals surface area (Å²) in [5, 5.41) is 20.8. The normalized spacial score (nSPS) is 16.4. The summed E-state index contributed by atoms with van der Waals surface area (Å²) in [5.41, 5.74) is -1.07. The highest BCUT2D eigenvalue weighted by molar-refractivity contribution is 5.85. The Balaban J connectivity index is 4.58. The Kier molecular flexibility index (Phi) is 6.16. The smallest absolute Gasteiger partial charge is 0.310 e. The minimum Gasteiger partial charge on any atom is -0.481 e.